The molecule has 0 aliphatic heterocycles. The zero-order valence-corrected chi connectivity index (χ0v) is 47.6. The number of aromatic carboxylic acids is 1. The normalized spacial score (nSPS) is 12.4. The lowest BCUT2D eigenvalue weighted by atomic mass is 9.76. The average Bonchev–Trinajstić information content (AvgIpc) is 1.48. The molecule has 1 amide bonds. The van der Waals surface area contributed by atoms with Crippen molar-refractivity contribution >= 4 is 11.9 Å². The zero-order valence-electron chi connectivity index (χ0n) is 47.6. The van der Waals surface area contributed by atoms with Crippen molar-refractivity contribution in [2.45, 2.75) is 43.2 Å². The van der Waals surface area contributed by atoms with Crippen molar-refractivity contribution in [3.63, 3.8) is 0 Å². The van der Waals surface area contributed by atoms with E-state index in [9.17, 15) is 28.6 Å². The van der Waals surface area contributed by atoms with Crippen LogP contribution in [-0.2, 0) is 36.8 Å². The van der Waals surface area contributed by atoms with Gasteiger partial charge in [-0.05, 0) is 125 Å². The van der Waals surface area contributed by atoms with Crippen LogP contribution >= 0.6 is 0 Å². The number of aryl methyl sites for hydroxylation is 2. The summed E-state index contributed by atoms with van der Waals surface area (Å²) >= 11 is 0. The molecule has 0 saturated heterocycles. The lowest BCUT2D eigenvalue weighted by Gasteiger charge is -2.38. The van der Waals surface area contributed by atoms with Gasteiger partial charge in [-0.15, -0.1) is 0 Å². The molecule has 0 atom stereocenters. The second-order valence-corrected chi connectivity index (χ2v) is 21.6. The van der Waals surface area contributed by atoms with Crippen molar-refractivity contribution in [2.24, 2.45) is 0 Å². The number of rotatable bonds is 15. The third kappa shape index (κ3) is 10.1. The molecular weight excluding hydrogens is 1100 g/mol. The van der Waals surface area contributed by atoms with Crippen LogP contribution < -0.4 is 5.32 Å². The number of aromatic nitrogens is 8. The number of aliphatic hydroxyl groups excluding tert-OH is 1. The second-order valence-electron chi connectivity index (χ2n) is 21.6. The van der Waals surface area contributed by atoms with E-state index in [4.69, 9.17) is 20.2 Å². The molecule has 0 unspecified atom stereocenters. The number of halogens is 2. The van der Waals surface area contributed by atoms with E-state index in [-0.39, 0.29) is 29.8 Å². The number of nitrogens with one attached hydrogen (secondary N) is 1. The molecule has 15 heteroatoms. The fraction of sp³-hybridized carbons (Fsp3) is 0.123. The summed E-state index contributed by atoms with van der Waals surface area (Å²) < 4.78 is 31.4. The van der Waals surface area contributed by atoms with Crippen LogP contribution in [0, 0.1) is 11.6 Å². The van der Waals surface area contributed by atoms with Crippen LogP contribution in [0.4, 0.5) is 8.78 Å². The minimum Gasteiger partial charge on any atom is -0.476 e. The molecule has 0 fully saturated rings. The summed E-state index contributed by atoms with van der Waals surface area (Å²) in [7, 11) is 0. The molecule has 3 N–H and O–H groups in total. The van der Waals surface area contributed by atoms with Crippen molar-refractivity contribution in [1.82, 2.24) is 44.8 Å². The molecule has 2 aliphatic carbocycles. The first-order valence-electron chi connectivity index (χ1n) is 29.1. The van der Waals surface area contributed by atoms with Crippen LogP contribution in [-0.4, -0.2) is 74.7 Å². The largest absolute Gasteiger partial charge is 0.476 e. The number of aliphatic hydroxyl groups is 1. The summed E-state index contributed by atoms with van der Waals surface area (Å²) in [5.74, 6) is -1.19. The molecule has 88 heavy (non-hydrogen) atoms. The fourth-order valence-corrected chi connectivity index (χ4v) is 12.5. The molecule has 4 heterocycles. The minimum absolute atomic E-state index is 0.00441. The molecule has 0 spiro atoms. The second kappa shape index (κ2) is 24.2. The Morgan fingerprint density at radius 3 is 1.11 bits per heavy atom. The fourth-order valence-electron chi connectivity index (χ4n) is 12.5. The van der Waals surface area contributed by atoms with Gasteiger partial charge in [-0.25, -0.2) is 42.9 Å². The maximum atomic E-state index is 13.8. The molecule has 12 aromatic rings. The third-order valence-electron chi connectivity index (χ3n) is 16.5. The van der Waals surface area contributed by atoms with Gasteiger partial charge in [-0.3, -0.25) is 4.79 Å². The van der Waals surface area contributed by atoms with Crippen LogP contribution in [0.25, 0.3) is 45.6 Å². The molecular formula is C73H57F2N9O4. The highest BCUT2D eigenvalue weighted by Gasteiger charge is 2.46. The van der Waals surface area contributed by atoms with E-state index in [2.05, 4.69) is 51.7 Å². The van der Waals surface area contributed by atoms with Crippen LogP contribution in [0.3, 0.4) is 0 Å². The molecule has 0 saturated carbocycles. The Kier molecular flexibility index (Phi) is 15.5. The maximum Gasteiger partial charge on any atom is 0.356 e. The van der Waals surface area contributed by atoms with E-state index in [1.165, 1.54) is 24.3 Å². The van der Waals surface area contributed by atoms with E-state index in [1.807, 2.05) is 161 Å². The number of hydrogen-bond donors (Lipinski definition) is 3. The quantitative estimate of drug-likeness (QED) is 0.0662. The summed E-state index contributed by atoms with van der Waals surface area (Å²) in [6.07, 6.45) is 6.31. The highest BCUT2D eigenvalue weighted by Crippen LogP contribution is 2.48. The van der Waals surface area contributed by atoms with E-state index in [1.54, 1.807) is 30.5 Å². The lowest BCUT2D eigenvalue weighted by molar-refractivity contribution is 0.0687. The van der Waals surface area contributed by atoms with E-state index >= 15 is 0 Å². The van der Waals surface area contributed by atoms with Crippen LogP contribution in [0.15, 0.2) is 243 Å². The van der Waals surface area contributed by atoms with Crippen LogP contribution in [0.5, 0.6) is 0 Å². The SMILES string of the molecule is O=C(NCCCO)c1nn(C(c2ccccc2)(c2ccccc2)c2ccccc2)c2c1CCc1cnc(-c3ccc(F)cc3)nc1-2.O=C(O)c1nn(C(c2ccccc2)(c2ccccc2)c2ccccc2)c2c1CCc1cnc(-c3ccc(F)cc3)nc1-2. The van der Waals surface area contributed by atoms with Crippen molar-refractivity contribution in [2.75, 3.05) is 13.2 Å². The van der Waals surface area contributed by atoms with Gasteiger partial charge in [0.05, 0.1) is 22.8 Å². The average molecular weight is 1160 g/mol. The Morgan fingerprint density at radius 1 is 0.455 bits per heavy atom. The topological polar surface area (TPSA) is 174 Å². The third-order valence-corrected chi connectivity index (χ3v) is 16.5. The van der Waals surface area contributed by atoms with E-state index in [0.29, 0.717) is 89.8 Å². The van der Waals surface area contributed by atoms with Crippen molar-refractivity contribution in [3.8, 4) is 45.6 Å². The number of carboxylic acids is 1. The Bertz CT molecular complexity index is 4260. The van der Waals surface area contributed by atoms with Gasteiger partial charge in [-0.1, -0.05) is 182 Å². The maximum absolute atomic E-state index is 13.8. The summed E-state index contributed by atoms with van der Waals surface area (Å²) in [5, 5.41) is 32.9. The number of carbonyl (C=O) groups excluding carboxylic acids is 1. The zero-order chi connectivity index (χ0) is 60.2. The first kappa shape index (κ1) is 56.2. The van der Waals surface area contributed by atoms with Gasteiger partial charge in [0.25, 0.3) is 5.91 Å². The van der Waals surface area contributed by atoms with Gasteiger partial charge in [0.1, 0.15) is 22.7 Å². The molecule has 8 aromatic carbocycles. The number of nitrogens with zero attached hydrogens (tertiary/aromatic N) is 8. The van der Waals surface area contributed by atoms with Gasteiger partial charge in [0.2, 0.25) is 0 Å². The minimum atomic E-state index is -1.09. The number of carboxylic acid groups (broad SMARTS) is 1. The van der Waals surface area contributed by atoms with Gasteiger partial charge in [0.15, 0.2) is 23.0 Å². The van der Waals surface area contributed by atoms with E-state index in [0.717, 1.165) is 55.8 Å². The number of fused-ring (bicyclic) bond motifs is 6. The molecule has 13 nitrogen and oxygen atoms in total. The Morgan fingerprint density at radius 2 is 0.784 bits per heavy atom. The molecule has 0 bridgehead atoms. The number of benzene rings is 8. The van der Waals surface area contributed by atoms with Gasteiger partial charge < -0.3 is 15.5 Å². The Balaban J connectivity index is 0.000000163. The highest BCUT2D eigenvalue weighted by atomic mass is 19.1. The van der Waals surface area contributed by atoms with E-state index < -0.39 is 17.0 Å². The number of hydrogen-bond acceptors (Lipinski definition) is 9. The highest BCUT2D eigenvalue weighted by molar-refractivity contribution is 5.96. The number of amides is 1. The predicted octanol–water partition coefficient (Wildman–Crippen LogP) is 13.0. The van der Waals surface area contributed by atoms with Gasteiger partial charge >= 0.3 is 5.97 Å². The number of carbonyl (C=O) groups is 2. The smallest absolute Gasteiger partial charge is 0.356 e. The lowest BCUT2D eigenvalue weighted by Crippen LogP contribution is -2.39. The molecule has 4 aromatic heterocycles. The van der Waals surface area contributed by atoms with Crippen LogP contribution in [0.2, 0.25) is 0 Å². The molecule has 432 valence electrons. The van der Waals surface area contributed by atoms with Crippen molar-refractivity contribution in [3.05, 3.63) is 322 Å². The Hall–Kier alpha value is -10.9. The van der Waals surface area contributed by atoms with Gasteiger partial charge in [0, 0.05) is 47.8 Å². The predicted molar refractivity (Wildman–Crippen MR) is 332 cm³/mol. The standard InChI is InChI=1S/C38H32FN5O2.C35H25FN4O2/c39-31-20-17-26(18-21-31)36-41-25-27-19-22-32-34(37(46)40-23-10-24-45)43-44(35(32)33(27)42-36)38(28-11-4-1-5-12-28,29-13-6-2-7-14-29)30-15-8-3-9-16-30;36-28-19-16-23(17-20-28)33-37-22-24-18-21-29-31(34(41)42)39-40(32(29)30(24)38-33)35(25-10-4-1-5-11-25,26-12-6-2-7-13-26)27-14-8-3-9-15-27/h1-9,11-18,20-21,25,45H,10,19,22-24H2,(H,40,46);1-17,19-20,22H,18,21H2,(H,41,42). The first-order chi connectivity index (χ1) is 43.2. The molecule has 2 aliphatic rings. The molecule has 14 rings (SSSR count). The summed E-state index contributed by atoms with van der Waals surface area (Å²) in [6, 6.07) is 72.7. The van der Waals surface area contributed by atoms with Gasteiger partial charge in [-0.2, -0.15) is 10.2 Å². The van der Waals surface area contributed by atoms with Crippen LogP contribution in [0.1, 0.15) is 83.0 Å². The van der Waals surface area contributed by atoms with Crippen molar-refractivity contribution < 1.29 is 28.6 Å². The summed E-state index contributed by atoms with van der Waals surface area (Å²) in [5.41, 5.74) is 11.2. The first-order valence-corrected chi connectivity index (χ1v) is 29.1. The summed E-state index contributed by atoms with van der Waals surface area (Å²) in [6.45, 7) is 0.300. The summed E-state index contributed by atoms with van der Waals surface area (Å²) in [4.78, 5) is 45.9. The molecule has 0 radical (unpaired) electrons. The Labute approximate surface area is 506 Å². The van der Waals surface area contributed by atoms with Crippen molar-refractivity contribution in [1.29, 1.82) is 0 Å². The monoisotopic (exact) mass is 1160 g/mol.